The molecule has 3 aliphatic rings. The van der Waals surface area contributed by atoms with Crippen LogP contribution in [0.15, 0.2) is 70.6 Å². The Labute approximate surface area is 240 Å². The first-order chi connectivity index (χ1) is 19.6. The van der Waals surface area contributed by atoms with Crippen molar-refractivity contribution >= 4 is 30.8 Å². The number of pyridine rings is 1. The molecule has 3 heterocycles. The van der Waals surface area contributed by atoms with E-state index in [0.29, 0.717) is 57.7 Å². The second-order valence-electron chi connectivity index (χ2n) is 11.2. The number of sulfonamides is 1. The molecule has 3 aromatic rings. The van der Waals surface area contributed by atoms with Gasteiger partial charge in [0, 0.05) is 37.3 Å². The molecule has 41 heavy (non-hydrogen) atoms. The Hall–Kier alpha value is -2.61. The number of piperidine rings is 1. The maximum atomic E-state index is 13.3. The quantitative estimate of drug-likeness (QED) is 0.359. The Morgan fingerprint density at radius 2 is 1.85 bits per heavy atom. The van der Waals surface area contributed by atoms with Gasteiger partial charge < -0.3 is 19.9 Å². The van der Waals surface area contributed by atoms with E-state index in [1.54, 1.807) is 48.7 Å². The minimum absolute atomic E-state index is 0.0241. The fraction of sp³-hybridized carbons (Fsp3) is 0.483. The van der Waals surface area contributed by atoms with Gasteiger partial charge in [-0.05, 0) is 74.6 Å². The number of fused-ring (bicyclic) bond motifs is 1. The Bertz CT molecular complexity index is 1620. The highest BCUT2D eigenvalue weighted by Gasteiger charge is 2.44. The van der Waals surface area contributed by atoms with Gasteiger partial charge in [0.05, 0.1) is 32.8 Å². The number of hydrogen-bond acceptors (Lipinski definition) is 9. The van der Waals surface area contributed by atoms with E-state index in [4.69, 9.17) is 9.47 Å². The van der Waals surface area contributed by atoms with Gasteiger partial charge in [0.1, 0.15) is 18.5 Å². The van der Waals surface area contributed by atoms with Gasteiger partial charge in [-0.15, -0.1) is 0 Å². The zero-order chi connectivity index (χ0) is 28.7. The van der Waals surface area contributed by atoms with Crippen LogP contribution < -0.4 is 10.1 Å². The molecule has 2 aliphatic heterocycles. The lowest BCUT2D eigenvalue weighted by Gasteiger charge is -2.38. The lowest BCUT2D eigenvalue weighted by molar-refractivity contribution is -0.0312. The maximum absolute atomic E-state index is 13.3. The molecule has 3 fully saturated rings. The maximum Gasteiger partial charge on any atom is 0.243 e. The topological polar surface area (TPSA) is 135 Å². The van der Waals surface area contributed by atoms with Crippen LogP contribution in [0, 0.1) is 0 Å². The number of aliphatic hydroxyl groups excluding tert-OH is 1. The monoisotopic (exact) mass is 601 g/mol. The molecule has 10 nitrogen and oxygen atoms in total. The van der Waals surface area contributed by atoms with Crippen LogP contribution in [0.5, 0.6) is 5.75 Å². The van der Waals surface area contributed by atoms with E-state index in [1.165, 1.54) is 10.4 Å². The average Bonchev–Trinajstić information content (AvgIpc) is 3.78. The minimum Gasteiger partial charge on any atom is -0.491 e. The van der Waals surface area contributed by atoms with E-state index in [1.807, 2.05) is 6.07 Å². The summed E-state index contributed by atoms with van der Waals surface area (Å²) < 4.78 is 65.0. The highest BCUT2D eigenvalue weighted by molar-refractivity contribution is 7.92. The Kier molecular flexibility index (Phi) is 7.81. The lowest BCUT2D eigenvalue weighted by Crippen LogP contribution is -2.47. The van der Waals surface area contributed by atoms with Crippen molar-refractivity contribution in [1.82, 2.24) is 14.6 Å². The number of aliphatic hydroxyl groups is 1. The molecule has 2 aromatic carbocycles. The van der Waals surface area contributed by atoms with E-state index >= 15 is 0 Å². The summed E-state index contributed by atoms with van der Waals surface area (Å²) in [5.74, 6) is 0.413. The second-order valence-corrected chi connectivity index (χ2v) is 15.4. The van der Waals surface area contributed by atoms with Crippen molar-refractivity contribution in [2.24, 2.45) is 0 Å². The predicted octanol–water partition coefficient (Wildman–Crippen LogP) is 2.51. The lowest BCUT2D eigenvalue weighted by atomic mass is 9.88. The van der Waals surface area contributed by atoms with Crippen molar-refractivity contribution in [3.05, 3.63) is 60.8 Å². The van der Waals surface area contributed by atoms with Gasteiger partial charge in [0.15, 0.2) is 9.84 Å². The van der Waals surface area contributed by atoms with Crippen molar-refractivity contribution in [3.8, 4) is 5.75 Å². The first-order valence-electron chi connectivity index (χ1n) is 14.0. The number of sulfone groups is 1. The fourth-order valence-corrected chi connectivity index (χ4v) is 8.85. The average molecular weight is 602 g/mol. The first-order valence-corrected chi connectivity index (χ1v) is 17.0. The molecule has 1 saturated carbocycles. The molecule has 0 bridgehead atoms. The molecule has 2 saturated heterocycles. The molecule has 220 valence electrons. The summed E-state index contributed by atoms with van der Waals surface area (Å²) >= 11 is 0. The van der Waals surface area contributed by atoms with Crippen molar-refractivity contribution in [2.75, 3.05) is 32.8 Å². The Morgan fingerprint density at radius 3 is 2.63 bits per heavy atom. The third-order valence-corrected chi connectivity index (χ3v) is 12.4. The summed E-state index contributed by atoms with van der Waals surface area (Å²) in [5.41, 5.74) is 0.374. The fourth-order valence-electron chi connectivity index (χ4n) is 5.69. The van der Waals surface area contributed by atoms with E-state index in [-0.39, 0.29) is 33.3 Å². The van der Waals surface area contributed by atoms with Gasteiger partial charge >= 0.3 is 0 Å². The van der Waals surface area contributed by atoms with Crippen molar-refractivity contribution < 1.29 is 31.4 Å². The molecule has 0 unspecified atom stereocenters. The molecule has 6 rings (SSSR count). The third kappa shape index (κ3) is 6.13. The zero-order valence-electron chi connectivity index (χ0n) is 22.7. The second kappa shape index (κ2) is 11.2. The molecule has 0 radical (unpaired) electrons. The summed E-state index contributed by atoms with van der Waals surface area (Å²) in [6, 6.07) is 15.1. The van der Waals surface area contributed by atoms with Gasteiger partial charge in [-0.25, -0.2) is 16.8 Å². The molecule has 2 atom stereocenters. The Balaban J connectivity index is 0.970. The normalized spacial score (nSPS) is 22.2. The zero-order valence-corrected chi connectivity index (χ0v) is 24.3. The smallest absolute Gasteiger partial charge is 0.243 e. The summed E-state index contributed by atoms with van der Waals surface area (Å²) in [7, 11) is -6.93. The first kappa shape index (κ1) is 28.5. The number of nitrogens with zero attached hydrogens (tertiary/aromatic N) is 2. The molecule has 0 amide bonds. The summed E-state index contributed by atoms with van der Waals surface area (Å²) in [6.07, 6.45) is 4.23. The van der Waals surface area contributed by atoms with E-state index in [0.717, 1.165) is 17.3 Å². The summed E-state index contributed by atoms with van der Waals surface area (Å²) in [4.78, 5) is 4.79. The summed E-state index contributed by atoms with van der Waals surface area (Å²) in [5, 5.41) is 14.3. The van der Waals surface area contributed by atoms with Crippen LogP contribution in [-0.4, -0.2) is 87.1 Å². The largest absolute Gasteiger partial charge is 0.491 e. The minimum atomic E-state index is -3.62. The molecule has 1 aromatic heterocycles. The van der Waals surface area contributed by atoms with Crippen LogP contribution in [0.25, 0.3) is 10.9 Å². The van der Waals surface area contributed by atoms with Gasteiger partial charge in [-0.3, -0.25) is 4.98 Å². The van der Waals surface area contributed by atoms with Crippen molar-refractivity contribution in [2.45, 2.75) is 64.9 Å². The van der Waals surface area contributed by atoms with E-state index < -0.39 is 26.0 Å². The highest BCUT2D eigenvalue weighted by Crippen LogP contribution is 2.38. The van der Waals surface area contributed by atoms with Crippen LogP contribution in [0.2, 0.25) is 0 Å². The van der Waals surface area contributed by atoms with Crippen LogP contribution in [0.4, 0.5) is 0 Å². The van der Waals surface area contributed by atoms with Gasteiger partial charge in [0.25, 0.3) is 0 Å². The van der Waals surface area contributed by atoms with Crippen LogP contribution in [-0.2, 0) is 24.6 Å². The number of nitrogens with one attached hydrogen (secondary N) is 1. The van der Waals surface area contributed by atoms with Gasteiger partial charge in [-0.2, -0.15) is 4.31 Å². The SMILES string of the molecule is O=S(=O)(c1cccc(OC[C@@H](O)CN[C@H]2COC3(CCN(S(=O)(=O)c4ccc5ncccc5c4)CC3)C2)c1)C1CC1. The molecule has 1 spiro atoms. The number of aromatic nitrogens is 1. The highest BCUT2D eigenvalue weighted by atomic mass is 32.2. The molecule has 1 aliphatic carbocycles. The number of hydrogen-bond donors (Lipinski definition) is 2. The molecule has 2 N–H and O–H groups in total. The predicted molar refractivity (Wildman–Crippen MR) is 153 cm³/mol. The van der Waals surface area contributed by atoms with E-state index in [9.17, 15) is 21.9 Å². The van der Waals surface area contributed by atoms with Crippen LogP contribution in [0.3, 0.4) is 0 Å². The molecule has 12 heteroatoms. The summed E-state index contributed by atoms with van der Waals surface area (Å²) in [6.45, 7) is 1.56. The van der Waals surface area contributed by atoms with Crippen molar-refractivity contribution in [3.63, 3.8) is 0 Å². The van der Waals surface area contributed by atoms with Crippen LogP contribution >= 0.6 is 0 Å². The standard InChI is InChI=1S/C29H35N3O7S2/c33-23(20-38-24-4-1-5-26(16-24)40(34,35)25-6-7-25)18-31-22-17-29(39-19-22)10-13-32(14-11-29)41(36,37)27-8-9-28-21(15-27)3-2-12-30-28/h1-5,8-9,12,15-16,22-23,25,31,33H,6-7,10-11,13-14,17-20H2/t22-,23+/m1/s1. The number of benzene rings is 2. The van der Waals surface area contributed by atoms with Gasteiger partial charge in [0.2, 0.25) is 10.0 Å². The molecular formula is C29H35N3O7S2. The Morgan fingerprint density at radius 1 is 1.05 bits per heavy atom. The number of ether oxygens (including phenoxy) is 2. The molecular weight excluding hydrogens is 566 g/mol. The number of rotatable bonds is 10. The van der Waals surface area contributed by atoms with Gasteiger partial charge in [-0.1, -0.05) is 12.1 Å². The third-order valence-electron chi connectivity index (χ3n) is 8.24. The van der Waals surface area contributed by atoms with Crippen LogP contribution in [0.1, 0.15) is 32.1 Å². The van der Waals surface area contributed by atoms with E-state index in [2.05, 4.69) is 10.3 Å². The van der Waals surface area contributed by atoms with Crippen molar-refractivity contribution in [1.29, 1.82) is 0 Å².